The minimum Gasteiger partial charge on any atom is -0.465 e. The molecule has 4 rings (SSSR count). The van der Waals surface area contributed by atoms with Gasteiger partial charge >= 0.3 is 12.1 Å². The SMILES string of the molecule is COC(=O)c1ccc2nc(-c3ccccc3)c(Cc3ccccc3C(F)(F)F)n2c1. The third-order valence-electron chi connectivity index (χ3n) is 4.87. The van der Waals surface area contributed by atoms with E-state index in [4.69, 9.17) is 4.74 Å². The van der Waals surface area contributed by atoms with Gasteiger partial charge in [0.1, 0.15) is 5.65 Å². The predicted octanol–water partition coefficient (Wildman–Crippen LogP) is 5.40. The summed E-state index contributed by atoms with van der Waals surface area (Å²) >= 11 is 0. The number of hydrogen-bond donors (Lipinski definition) is 0. The van der Waals surface area contributed by atoms with Crippen molar-refractivity contribution in [1.29, 1.82) is 0 Å². The second-order valence-corrected chi connectivity index (χ2v) is 6.74. The second kappa shape index (κ2) is 7.67. The van der Waals surface area contributed by atoms with Crippen LogP contribution in [0.15, 0.2) is 72.9 Å². The Labute approximate surface area is 170 Å². The van der Waals surface area contributed by atoms with E-state index in [9.17, 15) is 18.0 Å². The summed E-state index contributed by atoms with van der Waals surface area (Å²) in [5, 5.41) is 0. The number of pyridine rings is 1. The highest BCUT2D eigenvalue weighted by molar-refractivity contribution is 5.89. The number of carbonyl (C=O) groups is 1. The fourth-order valence-corrected chi connectivity index (χ4v) is 3.46. The molecule has 0 bridgehead atoms. The minimum atomic E-state index is -4.47. The van der Waals surface area contributed by atoms with Crippen LogP contribution < -0.4 is 0 Å². The van der Waals surface area contributed by atoms with Gasteiger partial charge < -0.3 is 9.14 Å². The average molecular weight is 410 g/mol. The van der Waals surface area contributed by atoms with Gasteiger partial charge in [-0.25, -0.2) is 9.78 Å². The van der Waals surface area contributed by atoms with E-state index in [1.54, 1.807) is 28.8 Å². The quantitative estimate of drug-likeness (QED) is 0.423. The average Bonchev–Trinajstić information content (AvgIpc) is 3.11. The van der Waals surface area contributed by atoms with Crippen molar-refractivity contribution in [1.82, 2.24) is 9.38 Å². The van der Waals surface area contributed by atoms with Gasteiger partial charge in [0.2, 0.25) is 0 Å². The van der Waals surface area contributed by atoms with E-state index >= 15 is 0 Å². The van der Waals surface area contributed by atoms with Gasteiger partial charge in [-0.05, 0) is 23.8 Å². The molecular weight excluding hydrogens is 393 g/mol. The molecule has 0 aliphatic rings. The minimum absolute atomic E-state index is 0.00823. The van der Waals surface area contributed by atoms with Crippen molar-refractivity contribution in [2.75, 3.05) is 7.11 Å². The van der Waals surface area contributed by atoms with Gasteiger partial charge in [-0.15, -0.1) is 0 Å². The molecule has 152 valence electrons. The number of esters is 1. The van der Waals surface area contributed by atoms with Crippen LogP contribution in [-0.2, 0) is 17.3 Å². The molecule has 7 heteroatoms. The maximum atomic E-state index is 13.5. The summed E-state index contributed by atoms with van der Waals surface area (Å²) in [5.41, 5.74) is 2.15. The zero-order chi connectivity index (χ0) is 21.3. The van der Waals surface area contributed by atoms with E-state index in [-0.39, 0.29) is 17.5 Å². The fourth-order valence-electron chi connectivity index (χ4n) is 3.46. The zero-order valence-corrected chi connectivity index (χ0v) is 16.0. The molecule has 0 fully saturated rings. The Kier molecular flexibility index (Phi) is 5.03. The molecule has 2 heterocycles. The number of halogens is 3. The Hall–Kier alpha value is -3.61. The summed E-state index contributed by atoms with van der Waals surface area (Å²) < 4.78 is 47.1. The lowest BCUT2D eigenvalue weighted by atomic mass is 9.99. The van der Waals surface area contributed by atoms with E-state index in [0.29, 0.717) is 17.0 Å². The fraction of sp³-hybridized carbons (Fsp3) is 0.130. The number of benzene rings is 2. The maximum Gasteiger partial charge on any atom is 0.416 e. The molecule has 4 aromatic rings. The molecule has 0 saturated heterocycles. The number of methoxy groups -OCH3 is 1. The third-order valence-corrected chi connectivity index (χ3v) is 4.87. The first kappa shape index (κ1) is 19.7. The first-order valence-corrected chi connectivity index (χ1v) is 9.18. The van der Waals surface area contributed by atoms with Crippen LogP contribution in [0.25, 0.3) is 16.9 Å². The van der Waals surface area contributed by atoms with Crippen LogP contribution in [0.5, 0.6) is 0 Å². The van der Waals surface area contributed by atoms with Crippen molar-refractivity contribution >= 4 is 11.6 Å². The molecule has 2 aromatic carbocycles. The summed E-state index contributed by atoms with van der Waals surface area (Å²) in [6.45, 7) is 0. The topological polar surface area (TPSA) is 43.6 Å². The molecule has 0 atom stereocenters. The van der Waals surface area contributed by atoms with E-state index < -0.39 is 17.7 Å². The van der Waals surface area contributed by atoms with Crippen LogP contribution >= 0.6 is 0 Å². The van der Waals surface area contributed by atoms with Crippen LogP contribution in [0.4, 0.5) is 13.2 Å². The maximum absolute atomic E-state index is 13.5. The number of nitrogens with zero attached hydrogens (tertiary/aromatic N) is 2. The van der Waals surface area contributed by atoms with Crippen LogP contribution in [0.2, 0.25) is 0 Å². The Morgan fingerprint density at radius 2 is 1.70 bits per heavy atom. The van der Waals surface area contributed by atoms with Crippen molar-refractivity contribution in [2.24, 2.45) is 0 Å². The third kappa shape index (κ3) is 3.66. The van der Waals surface area contributed by atoms with Gasteiger partial charge in [0.25, 0.3) is 0 Å². The molecule has 4 nitrogen and oxygen atoms in total. The van der Waals surface area contributed by atoms with Gasteiger partial charge in [-0.3, -0.25) is 0 Å². The number of ether oxygens (including phenoxy) is 1. The lowest BCUT2D eigenvalue weighted by Gasteiger charge is -2.13. The molecule has 0 amide bonds. The Balaban J connectivity index is 1.94. The highest BCUT2D eigenvalue weighted by Crippen LogP contribution is 2.34. The zero-order valence-electron chi connectivity index (χ0n) is 16.0. The van der Waals surface area contributed by atoms with Crippen LogP contribution in [-0.4, -0.2) is 22.5 Å². The highest BCUT2D eigenvalue weighted by Gasteiger charge is 2.33. The number of imidazole rings is 1. The molecule has 0 N–H and O–H groups in total. The molecule has 0 unspecified atom stereocenters. The lowest BCUT2D eigenvalue weighted by molar-refractivity contribution is -0.138. The van der Waals surface area contributed by atoms with Gasteiger partial charge in [-0.1, -0.05) is 48.5 Å². The Morgan fingerprint density at radius 3 is 2.40 bits per heavy atom. The van der Waals surface area contributed by atoms with E-state index in [0.717, 1.165) is 11.6 Å². The van der Waals surface area contributed by atoms with Gasteiger partial charge in [0, 0.05) is 18.2 Å². The van der Waals surface area contributed by atoms with E-state index in [1.807, 2.05) is 30.3 Å². The van der Waals surface area contributed by atoms with Crippen molar-refractivity contribution in [2.45, 2.75) is 12.6 Å². The van der Waals surface area contributed by atoms with Gasteiger partial charge in [0.05, 0.1) is 29.6 Å². The molecule has 0 aliphatic heterocycles. The number of rotatable bonds is 4. The monoisotopic (exact) mass is 410 g/mol. The standard InChI is InChI=1S/C23H17F3N2O2/c1-30-22(29)17-11-12-20-27-21(15-7-3-2-4-8-15)19(28(20)14-17)13-16-9-5-6-10-18(16)23(24,25)26/h2-12,14H,13H2,1H3. The van der Waals surface area contributed by atoms with Crippen LogP contribution in [0.1, 0.15) is 27.2 Å². The normalized spacial score (nSPS) is 11.6. The summed E-state index contributed by atoms with van der Waals surface area (Å²) in [6, 6.07) is 17.9. The lowest BCUT2D eigenvalue weighted by Crippen LogP contribution is -2.10. The second-order valence-electron chi connectivity index (χ2n) is 6.74. The van der Waals surface area contributed by atoms with Crippen LogP contribution in [0, 0.1) is 0 Å². The number of alkyl halides is 3. The molecule has 0 spiro atoms. The van der Waals surface area contributed by atoms with Gasteiger partial charge in [-0.2, -0.15) is 13.2 Å². The van der Waals surface area contributed by atoms with Gasteiger partial charge in [0.15, 0.2) is 0 Å². The molecule has 2 aromatic heterocycles. The number of aromatic nitrogens is 2. The molecule has 0 radical (unpaired) electrons. The summed E-state index contributed by atoms with van der Waals surface area (Å²) in [6.07, 6.45) is -2.93. The largest absolute Gasteiger partial charge is 0.465 e. The molecule has 0 saturated carbocycles. The number of carbonyl (C=O) groups excluding carboxylic acids is 1. The highest BCUT2D eigenvalue weighted by atomic mass is 19.4. The molecular formula is C23H17F3N2O2. The summed E-state index contributed by atoms with van der Waals surface area (Å²) in [5.74, 6) is -0.534. The number of fused-ring (bicyclic) bond motifs is 1. The van der Waals surface area contributed by atoms with Crippen molar-refractivity contribution < 1.29 is 22.7 Å². The predicted molar refractivity (Wildman–Crippen MR) is 106 cm³/mol. The Bertz CT molecular complexity index is 1210. The van der Waals surface area contributed by atoms with Crippen molar-refractivity contribution in [3.05, 3.63) is 95.3 Å². The summed E-state index contributed by atoms with van der Waals surface area (Å²) in [4.78, 5) is 16.6. The smallest absolute Gasteiger partial charge is 0.416 e. The molecule has 30 heavy (non-hydrogen) atoms. The summed E-state index contributed by atoms with van der Waals surface area (Å²) in [7, 11) is 1.27. The Morgan fingerprint density at radius 1 is 1.00 bits per heavy atom. The van der Waals surface area contributed by atoms with Crippen LogP contribution in [0.3, 0.4) is 0 Å². The van der Waals surface area contributed by atoms with Crippen molar-refractivity contribution in [3.8, 4) is 11.3 Å². The first-order chi connectivity index (χ1) is 14.4. The first-order valence-electron chi connectivity index (χ1n) is 9.18. The van der Waals surface area contributed by atoms with Crippen molar-refractivity contribution in [3.63, 3.8) is 0 Å². The number of hydrogen-bond acceptors (Lipinski definition) is 3. The van der Waals surface area contributed by atoms with E-state index in [2.05, 4.69) is 4.98 Å². The molecule has 0 aliphatic carbocycles. The van der Waals surface area contributed by atoms with E-state index in [1.165, 1.54) is 19.2 Å².